The number of carbonyl (C=O) groups is 4. The van der Waals surface area contributed by atoms with E-state index in [-0.39, 0.29) is 66.9 Å². The number of fused-ring (bicyclic) bond motifs is 2. The predicted molar refractivity (Wildman–Crippen MR) is 125 cm³/mol. The molecule has 0 aliphatic carbocycles. The minimum Gasteiger partial charge on any atom is -0.454 e. The van der Waals surface area contributed by atoms with Crippen molar-refractivity contribution < 1.29 is 42.9 Å². The second kappa shape index (κ2) is 12.6. The van der Waals surface area contributed by atoms with Crippen LogP contribution in [-0.2, 0) is 42.9 Å². The summed E-state index contributed by atoms with van der Waals surface area (Å²) >= 11 is 0. The van der Waals surface area contributed by atoms with Crippen LogP contribution in [0.15, 0.2) is 50.6 Å². The van der Waals surface area contributed by atoms with E-state index in [2.05, 4.69) is 42.3 Å². The zero-order valence-electron chi connectivity index (χ0n) is 19.8. The van der Waals surface area contributed by atoms with Crippen LogP contribution in [0.25, 0.3) is 0 Å². The first-order valence-corrected chi connectivity index (χ1v) is 11.4. The van der Waals surface area contributed by atoms with Crippen LogP contribution in [0.4, 0.5) is 0 Å². The smallest absolute Gasteiger partial charge is 0.330 e. The molecule has 8 unspecified atom stereocenters. The molecular formula is C24H31N3O9. The van der Waals surface area contributed by atoms with Gasteiger partial charge in [-0.1, -0.05) is 26.3 Å². The van der Waals surface area contributed by atoms with Gasteiger partial charge in [0, 0.05) is 6.08 Å². The molecule has 12 heteroatoms. The first-order chi connectivity index (χ1) is 17.3. The van der Waals surface area contributed by atoms with Crippen molar-refractivity contribution in [2.45, 2.75) is 48.6 Å². The highest BCUT2D eigenvalue weighted by molar-refractivity contribution is 5.88. The van der Waals surface area contributed by atoms with Gasteiger partial charge in [-0.25, -0.2) is 4.79 Å². The lowest BCUT2D eigenvalue weighted by Gasteiger charge is -2.17. The Labute approximate surface area is 208 Å². The van der Waals surface area contributed by atoms with Crippen LogP contribution < -0.4 is 16.0 Å². The molecule has 12 nitrogen and oxygen atoms in total. The number of carbonyl (C=O) groups excluding carboxylic acids is 4. The number of hydrogen-bond donors (Lipinski definition) is 3. The normalized spacial score (nSPS) is 33.6. The standard InChI is InChI=1S/C12H16N2O4.C12H15NO5/c1-3-9(15)13-7-5-17-12-8(6-18-11(7)12)14-10(16)4-2;1-3-9(14)13-7-5-16-12-8(6-17-11(7)12)18-10(15)4-2/h3-4,7-8,11-12H,1-2,5-6H2,(H,13,15)(H,14,16);3-4,7-8,11-12H,1-2,5-6H2,(H,13,14). The highest BCUT2D eigenvalue weighted by atomic mass is 16.6. The van der Waals surface area contributed by atoms with Gasteiger partial charge in [-0.3, -0.25) is 14.4 Å². The Bertz CT molecular complexity index is 763. The third-order valence-electron chi connectivity index (χ3n) is 6.03. The summed E-state index contributed by atoms with van der Waals surface area (Å²) < 4.78 is 27.3. The molecule has 4 heterocycles. The topological polar surface area (TPSA) is 151 Å². The van der Waals surface area contributed by atoms with Gasteiger partial charge in [0.1, 0.15) is 24.4 Å². The third-order valence-corrected chi connectivity index (χ3v) is 6.03. The van der Waals surface area contributed by atoms with E-state index < -0.39 is 12.1 Å². The van der Waals surface area contributed by atoms with Crippen molar-refractivity contribution in [3.8, 4) is 0 Å². The van der Waals surface area contributed by atoms with Crippen molar-refractivity contribution in [1.29, 1.82) is 0 Å². The summed E-state index contributed by atoms with van der Waals surface area (Å²) in [5.41, 5.74) is 0. The van der Waals surface area contributed by atoms with Crippen LogP contribution in [0, 0.1) is 0 Å². The molecule has 4 aliphatic heterocycles. The highest BCUT2D eigenvalue weighted by Crippen LogP contribution is 2.29. The number of amides is 3. The van der Waals surface area contributed by atoms with E-state index in [9.17, 15) is 19.2 Å². The molecule has 36 heavy (non-hydrogen) atoms. The Morgan fingerprint density at radius 3 is 1.33 bits per heavy atom. The highest BCUT2D eigenvalue weighted by Gasteiger charge is 2.50. The van der Waals surface area contributed by atoms with Crippen LogP contribution in [0.1, 0.15) is 0 Å². The number of ether oxygens (including phenoxy) is 5. The number of hydrogen-bond acceptors (Lipinski definition) is 9. The zero-order chi connectivity index (χ0) is 26.2. The van der Waals surface area contributed by atoms with Gasteiger partial charge in [-0.05, 0) is 18.2 Å². The molecule has 4 aliphatic rings. The Morgan fingerprint density at radius 2 is 0.944 bits per heavy atom. The van der Waals surface area contributed by atoms with Crippen LogP contribution in [-0.4, -0.2) is 98.8 Å². The summed E-state index contributed by atoms with van der Waals surface area (Å²) in [5, 5.41) is 8.22. The fourth-order valence-electron chi connectivity index (χ4n) is 4.36. The van der Waals surface area contributed by atoms with Gasteiger partial charge in [0.05, 0.1) is 44.6 Å². The number of rotatable bonds is 8. The van der Waals surface area contributed by atoms with Crippen LogP contribution >= 0.6 is 0 Å². The summed E-state index contributed by atoms with van der Waals surface area (Å²) in [6.45, 7) is 14.8. The second-order valence-electron chi connectivity index (χ2n) is 8.33. The summed E-state index contributed by atoms with van der Waals surface area (Å²) in [7, 11) is 0. The monoisotopic (exact) mass is 505 g/mol. The van der Waals surface area contributed by atoms with E-state index in [1.165, 1.54) is 18.2 Å². The van der Waals surface area contributed by atoms with Gasteiger partial charge >= 0.3 is 5.97 Å². The minimum atomic E-state index is -0.508. The molecule has 0 aromatic rings. The molecule has 8 atom stereocenters. The molecule has 4 fully saturated rings. The molecule has 4 saturated heterocycles. The molecule has 0 aromatic carbocycles. The first-order valence-electron chi connectivity index (χ1n) is 11.4. The van der Waals surface area contributed by atoms with Gasteiger partial charge in [0.2, 0.25) is 17.7 Å². The van der Waals surface area contributed by atoms with Gasteiger partial charge in [-0.2, -0.15) is 0 Å². The molecule has 0 spiro atoms. The summed E-state index contributed by atoms with van der Waals surface area (Å²) in [5.74, 6) is -1.30. The predicted octanol–water partition coefficient (Wildman–Crippen LogP) is -1.32. The van der Waals surface area contributed by atoms with Crippen molar-refractivity contribution in [1.82, 2.24) is 16.0 Å². The van der Waals surface area contributed by atoms with Crippen molar-refractivity contribution in [3.05, 3.63) is 50.6 Å². The third kappa shape index (κ3) is 6.46. The molecule has 0 radical (unpaired) electrons. The molecule has 0 bridgehead atoms. The Hall–Kier alpha value is -3.32. The zero-order valence-corrected chi connectivity index (χ0v) is 19.8. The summed E-state index contributed by atoms with van der Waals surface area (Å²) in [6, 6.07) is -0.648. The van der Waals surface area contributed by atoms with E-state index in [0.717, 1.165) is 6.08 Å². The number of esters is 1. The fraction of sp³-hybridized carbons (Fsp3) is 0.500. The molecule has 0 aromatic heterocycles. The van der Waals surface area contributed by atoms with E-state index in [4.69, 9.17) is 23.7 Å². The second-order valence-corrected chi connectivity index (χ2v) is 8.33. The molecule has 3 amide bonds. The van der Waals surface area contributed by atoms with Crippen LogP contribution in [0.3, 0.4) is 0 Å². The Kier molecular flexibility index (Phi) is 9.53. The molecule has 4 rings (SSSR count). The van der Waals surface area contributed by atoms with Crippen molar-refractivity contribution in [2.75, 3.05) is 26.4 Å². The lowest BCUT2D eigenvalue weighted by atomic mass is 10.1. The van der Waals surface area contributed by atoms with Crippen molar-refractivity contribution >= 4 is 23.7 Å². The molecular weight excluding hydrogens is 474 g/mol. The van der Waals surface area contributed by atoms with E-state index in [1.807, 2.05) is 0 Å². The fourth-order valence-corrected chi connectivity index (χ4v) is 4.36. The largest absolute Gasteiger partial charge is 0.454 e. The Morgan fingerprint density at radius 1 is 0.583 bits per heavy atom. The lowest BCUT2D eigenvalue weighted by molar-refractivity contribution is -0.147. The maximum absolute atomic E-state index is 11.2. The van der Waals surface area contributed by atoms with Crippen LogP contribution in [0.5, 0.6) is 0 Å². The van der Waals surface area contributed by atoms with E-state index in [1.54, 1.807) is 0 Å². The SMILES string of the molecule is C=CC(=O)NC1COC2C(NC(=O)C=C)COC12.C=CC(=O)NC1COC2C(OC(=O)C=C)COC12. The van der Waals surface area contributed by atoms with Crippen molar-refractivity contribution in [2.24, 2.45) is 0 Å². The van der Waals surface area contributed by atoms with E-state index in [0.29, 0.717) is 19.8 Å². The average molecular weight is 506 g/mol. The molecule has 0 saturated carbocycles. The Balaban J connectivity index is 0.000000201. The maximum Gasteiger partial charge on any atom is 0.330 e. The van der Waals surface area contributed by atoms with Crippen molar-refractivity contribution in [3.63, 3.8) is 0 Å². The molecule has 196 valence electrons. The quantitative estimate of drug-likeness (QED) is 0.270. The van der Waals surface area contributed by atoms with Gasteiger partial charge < -0.3 is 39.6 Å². The number of nitrogens with one attached hydrogen (secondary N) is 3. The maximum atomic E-state index is 11.2. The lowest BCUT2D eigenvalue weighted by Crippen LogP contribution is -2.46. The summed E-state index contributed by atoms with van der Waals surface area (Å²) in [6.07, 6.45) is 3.15. The van der Waals surface area contributed by atoms with Crippen LogP contribution in [0.2, 0.25) is 0 Å². The van der Waals surface area contributed by atoms with E-state index >= 15 is 0 Å². The average Bonchev–Trinajstić information content (AvgIpc) is 3.65. The van der Waals surface area contributed by atoms with Gasteiger partial charge in [0.25, 0.3) is 0 Å². The van der Waals surface area contributed by atoms with Gasteiger partial charge in [-0.15, -0.1) is 0 Å². The molecule has 3 N–H and O–H groups in total. The minimum absolute atomic E-state index is 0.203. The van der Waals surface area contributed by atoms with Gasteiger partial charge in [0.15, 0.2) is 6.10 Å². The summed E-state index contributed by atoms with van der Waals surface area (Å²) in [4.78, 5) is 44.8. The first kappa shape index (κ1) is 27.3.